The molecule has 0 unspecified atom stereocenters. The Bertz CT molecular complexity index is 974. The standard InChI is InChI=1S/C22H22N2O3/c1-14-15(2)27-16(3)20(14)22(26)23-13-17-8-7-9-18(12-17)21(25)24-19-10-5-4-6-11-19/h4-12H,13H2,1-3H3,(H,23,26)(H,24,25). The minimum absolute atomic E-state index is 0.180. The van der Waals surface area contributed by atoms with Crippen molar-refractivity contribution >= 4 is 17.5 Å². The van der Waals surface area contributed by atoms with E-state index in [9.17, 15) is 9.59 Å². The van der Waals surface area contributed by atoms with E-state index in [0.29, 0.717) is 23.4 Å². The SMILES string of the molecule is Cc1oc(C)c(C(=O)NCc2cccc(C(=O)Nc3ccccc3)c2)c1C. The van der Waals surface area contributed by atoms with E-state index in [-0.39, 0.29) is 11.8 Å². The van der Waals surface area contributed by atoms with Gasteiger partial charge in [0, 0.05) is 23.4 Å². The molecule has 0 atom stereocenters. The number of hydrogen-bond donors (Lipinski definition) is 2. The molecule has 138 valence electrons. The highest BCUT2D eigenvalue weighted by atomic mass is 16.3. The Morgan fingerprint density at radius 1 is 0.889 bits per heavy atom. The lowest BCUT2D eigenvalue weighted by Gasteiger charge is -2.08. The van der Waals surface area contributed by atoms with E-state index in [0.717, 1.165) is 22.6 Å². The van der Waals surface area contributed by atoms with Crippen LogP contribution in [-0.2, 0) is 6.54 Å². The largest absolute Gasteiger partial charge is 0.466 e. The molecule has 1 heterocycles. The van der Waals surface area contributed by atoms with E-state index in [2.05, 4.69) is 10.6 Å². The van der Waals surface area contributed by atoms with Gasteiger partial charge in [0.05, 0.1) is 5.56 Å². The van der Waals surface area contributed by atoms with E-state index >= 15 is 0 Å². The zero-order chi connectivity index (χ0) is 19.4. The molecule has 3 aromatic rings. The van der Waals surface area contributed by atoms with Crippen molar-refractivity contribution in [2.45, 2.75) is 27.3 Å². The highest BCUT2D eigenvalue weighted by molar-refractivity contribution is 6.04. The van der Waals surface area contributed by atoms with Crippen LogP contribution in [0.1, 0.15) is 43.4 Å². The average molecular weight is 362 g/mol. The number of hydrogen-bond acceptors (Lipinski definition) is 3. The first-order valence-corrected chi connectivity index (χ1v) is 8.76. The van der Waals surface area contributed by atoms with Crippen molar-refractivity contribution < 1.29 is 14.0 Å². The number of carbonyl (C=O) groups is 2. The Hall–Kier alpha value is -3.34. The lowest BCUT2D eigenvalue weighted by Crippen LogP contribution is -2.24. The summed E-state index contributed by atoms with van der Waals surface area (Å²) in [7, 11) is 0. The van der Waals surface area contributed by atoms with Crippen LogP contribution in [0.25, 0.3) is 0 Å². The fourth-order valence-corrected chi connectivity index (χ4v) is 2.95. The molecule has 0 aliphatic rings. The van der Waals surface area contributed by atoms with Crippen molar-refractivity contribution in [3.05, 3.63) is 88.4 Å². The zero-order valence-corrected chi connectivity index (χ0v) is 15.6. The summed E-state index contributed by atoms with van der Waals surface area (Å²) in [5, 5.41) is 5.75. The fourth-order valence-electron chi connectivity index (χ4n) is 2.95. The molecule has 0 fully saturated rings. The van der Waals surface area contributed by atoms with Crippen LogP contribution in [0.4, 0.5) is 5.69 Å². The molecule has 5 heteroatoms. The van der Waals surface area contributed by atoms with Crippen LogP contribution in [0.15, 0.2) is 59.0 Å². The molecule has 0 aliphatic carbocycles. The highest BCUT2D eigenvalue weighted by Crippen LogP contribution is 2.20. The van der Waals surface area contributed by atoms with Crippen LogP contribution >= 0.6 is 0 Å². The van der Waals surface area contributed by atoms with Crippen molar-refractivity contribution in [1.82, 2.24) is 5.32 Å². The quantitative estimate of drug-likeness (QED) is 0.707. The van der Waals surface area contributed by atoms with Gasteiger partial charge in [0.1, 0.15) is 11.5 Å². The van der Waals surface area contributed by atoms with Crippen LogP contribution in [-0.4, -0.2) is 11.8 Å². The maximum atomic E-state index is 12.5. The van der Waals surface area contributed by atoms with Crippen molar-refractivity contribution in [3.63, 3.8) is 0 Å². The Labute approximate surface area is 158 Å². The molecule has 0 aliphatic heterocycles. The molecule has 2 amide bonds. The molecule has 5 nitrogen and oxygen atoms in total. The third-order valence-corrected chi connectivity index (χ3v) is 4.46. The number of anilines is 1. The van der Waals surface area contributed by atoms with Crippen LogP contribution in [0, 0.1) is 20.8 Å². The summed E-state index contributed by atoms with van der Waals surface area (Å²) in [6.45, 7) is 5.82. The van der Waals surface area contributed by atoms with E-state index in [1.54, 1.807) is 25.1 Å². The first-order chi connectivity index (χ1) is 13.0. The number of furan rings is 1. The minimum Gasteiger partial charge on any atom is -0.466 e. The van der Waals surface area contributed by atoms with Gasteiger partial charge in [0.25, 0.3) is 11.8 Å². The second-order valence-corrected chi connectivity index (χ2v) is 6.42. The number of carbonyl (C=O) groups excluding carboxylic acids is 2. The third-order valence-electron chi connectivity index (χ3n) is 4.46. The topological polar surface area (TPSA) is 71.3 Å². The minimum atomic E-state index is -0.188. The number of nitrogens with one attached hydrogen (secondary N) is 2. The summed E-state index contributed by atoms with van der Waals surface area (Å²) in [6.07, 6.45) is 0. The molecule has 0 saturated carbocycles. The Morgan fingerprint density at radius 3 is 2.30 bits per heavy atom. The van der Waals surface area contributed by atoms with Gasteiger partial charge in [0.2, 0.25) is 0 Å². The first-order valence-electron chi connectivity index (χ1n) is 8.76. The van der Waals surface area contributed by atoms with Crippen LogP contribution in [0.2, 0.25) is 0 Å². The van der Waals surface area contributed by atoms with E-state index in [1.807, 2.05) is 50.2 Å². The van der Waals surface area contributed by atoms with E-state index in [1.165, 1.54) is 0 Å². The summed E-state index contributed by atoms with van der Waals surface area (Å²) >= 11 is 0. The molecule has 27 heavy (non-hydrogen) atoms. The molecule has 0 radical (unpaired) electrons. The predicted molar refractivity (Wildman–Crippen MR) is 105 cm³/mol. The predicted octanol–water partition coefficient (Wildman–Crippen LogP) is 4.39. The number of amides is 2. The van der Waals surface area contributed by atoms with Crippen molar-refractivity contribution in [2.24, 2.45) is 0 Å². The maximum absolute atomic E-state index is 12.5. The fraction of sp³-hybridized carbons (Fsp3) is 0.182. The Kier molecular flexibility index (Phi) is 5.41. The molecule has 2 aromatic carbocycles. The van der Waals surface area contributed by atoms with Crippen LogP contribution < -0.4 is 10.6 Å². The van der Waals surface area contributed by atoms with Gasteiger partial charge in [-0.15, -0.1) is 0 Å². The number of para-hydroxylation sites is 1. The van der Waals surface area contributed by atoms with E-state index < -0.39 is 0 Å². The molecule has 0 bridgehead atoms. The second kappa shape index (κ2) is 7.91. The molecule has 1 aromatic heterocycles. The lowest BCUT2D eigenvalue weighted by molar-refractivity contribution is 0.0948. The summed E-state index contributed by atoms with van der Waals surface area (Å²) in [6, 6.07) is 16.5. The molecular formula is C22H22N2O3. The Balaban J connectivity index is 1.67. The third kappa shape index (κ3) is 4.26. The molecule has 0 spiro atoms. The normalized spacial score (nSPS) is 10.5. The van der Waals surface area contributed by atoms with Gasteiger partial charge in [0.15, 0.2) is 0 Å². The summed E-state index contributed by atoms with van der Waals surface area (Å²) in [5.74, 6) is 0.989. The number of benzene rings is 2. The Morgan fingerprint density at radius 2 is 1.63 bits per heavy atom. The van der Waals surface area contributed by atoms with Crippen molar-refractivity contribution in [3.8, 4) is 0 Å². The number of rotatable bonds is 5. The van der Waals surface area contributed by atoms with Gasteiger partial charge in [-0.2, -0.15) is 0 Å². The average Bonchev–Trinajstić information content (AvgIpc) is 2.92. The van der Waals surface area contributed by atoms with Gasteiger partial charge in [-0.1, -0.05) is 30.3 Å². The van der Waals surface area contributed by atoms with Gasteiger partial charge in [-0.3, -0.25) is 9.59 Å². The second-order valence-electron chi connectivity index (χ2n) is 6.42. The maximum Gasteiger partial charge on any atom is 0.255 e. The van der Waals surface area contributed by atoms with Gasteiger partial charge in [-0.05, 0) is 50.6 Å². The van der Waals surface area contributed by atoms with Crippen molar-refractivity contribution in [1.29, 1.82) is 0 Å². The molecule has 0 saturated heterocycles. The van der Waals surface area contributed by atoms with E-state index in [4.69, 9.17) is 4.42 Å². The smallest absolute Gasteiger partial charge is 0.255 e. The van der Waals surface area contributed by atoms with Gasteiger partial charge >= 0.3 is 0 Å². The molecule has 2 N–H and O–H groups in total. The summed E-state index contributed by atoms with van der Waals surface area (Å²) < 4.78 is 5.51. The van der Waals surface area contributed by atoms with Crippen LogP contribution in [0.5, 0.6) is 0 Å². The molecule has 3 rings (SSSR count). The number of aryl methyl sites for hydroxylation is 2. The highest BCUT2D eigenvalue weighted by Gasteiger charge is 2.18. The lowest BCUT2D eigenvalue weighted by atomic mass is 10.1. The first kappa shape index (κ1) is 18.5. The summed E-state index contributed by atoms with van der Waals surface area (Å²) in [4.78, 5) is 24.9. The zero-order valence-electron chi connectivity index (χ0n) is 15.6. The molecular weight excluding hydrogens is 340 g/mol. The summed E-state index contributed by atoms with van der Waals surface area (Å²) in [5.41, 5.74) is 3.55. The van der Waals surface area contributed by atoms with Gasteiger partial charge in [-0.25, -0.2) is 0 Å². The van der Waals surface area contributed by atoms with Crippen LogP contribution in [0.3, 0.4) is 0 Å². The van der Waals surface area contributed by atoms with Gasteiger partial charge < -0.3 is 15.1 Å². The monoisotopic (exact) mass is 362 g/mol. The van der Waals surface area contributed by atoms with Crippen molar-refractivity contribution in [2.75, 3.05) is 5.32 Å².